The van der Waals surface area contributed by atoms with E-state index in [4.69, 9.17) is 5.53 Å². The summed E-state index contributed by atoms with van der Waals surface area (Å²) in [6, 6.07) is -0.0627. The fraction of sp³-hybridized carbons (Fsp3) is 0.800. The molecule has 0 aromatic heterocycles. The molecule has 0 aliphatic carbocycles. The predicted octanol–water partition coefficient (Wildman–Crippen LogP) is 0.170. The van der Waals surface area contributed by atoms with Gasteiger partial charge in [-0.3, -0.25) is 4.79 Å². The summed E-state index contributed by atoms with van der Waals surface area (Å²) in [6.07, 6.45) is 0.436. The molecule has 0 spiro atoms. The Balaban J connectivity index is 1.77. The van der Waals surface area contributed by atoms with Gasteiger partial charge in [0.05, 0.1) is 0 Å². The van der Waals surface area contributed by atoms with Gasteiger partial charge in [0.15, 0.2) is 0 Å². The van der Waals surface area contributed by atoms with E-state index in [-0.39, 0.29) is 17.9 Å². The Hall–Kier alpha value is -1.95. The van der Waals surface area contributed by atoms with Gasteiger partial charge < -0.3 is 15.1 Å². The highest BCUT2D eigenvalue weighted by Gasteiger charge is 2.29. The number of azide groups is 1. The van der Waals surface area contributed by atoms with Crippen LogP contribution >= 0.6 is 0 Å². The smallest absolute Gasteiger partial charge is 0.317 e. The van der Waals surface area contributed by atoms with Gasteiger partial charge >= 0.3 is 6.03 Å². The van der Waals surface area contributed by atoms with Crippen LogP contribution in [0.15, 0.2) is 5.11 Å². The van der Waals surface area contributed by atoms with Gasteiger partial charge in [0.25, 0.3) is 0 Å². The minimum Gasteiger partial charge on any atom is -0.341 e. The first kappa shape index (κ1) is 12.5. The second-order valence-electron chi connectivity index (χ2n) is 4.54. The SMILES string of the molecule is [N-]=[N+]=NCC1CC(=O)N(CCN2CCNC2=O)C1. The molecule has 18 heavy (non-hydrogen) atoms. The van der Waals surface area contributed by atoms with Crippen LogP contribution in [-0.2, 0) is 4.79 Å². The van der Waals surface area contributed by atoms with E-state index in [9.17, 15) is 9.59 Å². The molecule has 0 radical (unpaired) electrons. The molecule has 1 unspecified atom stereocenters. The summed E-state index contributed by atoms with van der Waals surface area (Å²) in [5.74, 6) is 0.188. The third-order valence-corrected chi connectivity index (χ3v) is 3.28. The molecule has 3 amide bonds. The van der Waals surface area contributed by atoms with E-state index in [1.54, 1.807) is 9.80 Å². The normalized spacial score (nSPS) is 23.2. The average molecular weight is 252 g/mol. The third-order valence-electron chi connectivity index (χ3n) is 3.28. The van der Waals surface area contributed by atoms with Crippen molar-refractivity contribution >= 4 is 11.9 Å². The maximum atomic E-state index is 11.7. The molecule has 0 aromatic carbocycles. The Labute approximate surface area is 105 Å². The average Bonchev–Trinajstić information content (AvgIpc) is 2.91. The lowest BCUT2D eigenvalue weighted by Gasteiger charge is -2.20. The predicted molar refractivity (Wildman–Crippen MR) is 63.7 cm³/mol. The molecule has 2 aliphatic rings. The highest BCUT2D eigenvalue weighted by Crippen LogP contribution is 2.18. The summed E-state index contributed by atoms with van der Waals surface area (Å²) in [6.45, 7) is 3.47. The number of nitrogens with one attached hydrogen (secondary N) is 1. The van der Waals surface area contributed by atoms with Gasteiger partial charge in [0, 0.05) is 50.6 Å². The topological polar surface area (TPSA) is 101 Å². The van der Waals surface area contributed by atoms with Crippen molar-refractivity contribution in [3.05, 3.63) is 10.4 Å². The van der Waals surface area contributed by atoms with Gasteiger partial charge in [-0.25, -0.2) is 4.79 Å². The first-order valence-electron chi connectivity index (χ1n) is 6.02. The lowest BCUT2D eigenvalue weighted by molar-refractivity contribution is -0.127. The van der Waals surface area contributed by atoms with Crippen LogP contribution in [0.25, 0.3) is 10.4 Å². The Morgan fingerprint density at radius 1 is 1.39 bits per heavy atom. The lowest BCUT2D eigenvalue weighted by atomic mass is 10.1. The number of likely N-dealkylation sites (tertiary alicyclic amines) is 1. The van der Waals surface area contributed by atoms with Crippen molar-refractivity contribution in [1.29, 1.82) is 0 Å². The maximum Gasteiger partial charge on any atom is 0.317 e. The Morgan fingerprint density at radius 2 is 2.17 bits per heavy atom. The molecular formula is C10H16N6O2. The monoisotopic (exact) mass is 252 g/mol. The van der Waals surface area contributed by atoms with Crippen LogP contribution in [0.5, 0.6) is 0 Å². The summed E-state index contributed by atoms with van der Waals surface area (Å²) in [4.78, 5) is 29.2. The number of carbonyl (C=O) groups is 2. The van der Waals surface area contributed by atoms with Gasteiger partial charge in [0.1, 0.15) is 0 Å². The van der Waals surface area contributed by atoms with Crippen molar-refractivity contribution in [3.8, 4) is 0 Å². The number of amides is 3. The summed E-state index contributed by atoms with van der Waals surface area (Å²) in [5.41, 5.74) is 8.24. The fourth-order valence-electron chi connectivity index (χ4n) is 2.31. The third kappa shape index (κ3) is 2.84. The first-order valence-corrected chi connectivity index (χ1v) is 6.02. The van der Waals surface area contributed by atoms with E-state index >= 15 is 0 Å². The van der Waals surface area contributed by atoms with E-state index in [2.05, 4.69) is 15.3 Å². The molecule has 8 heteroatoms. The van der Waals surface area contributed by atoms with Crippen molar-refractivity contribution < 1.29 is 9.59 Å². The molecular weight excluding hydrogens is 236 g/mol. The van der Waals surface area contributed by atoms with E-state index < -0.39 is 0 Å². The van der Waals surface area contributed by atoms with Gasteiger partial charge in [-0.05, 0) is 11.4 Å². The van der Waals surface area contributed by atoms with Gasteiger partial charge in [-0.15, -0.1) is 0 Å². The fourth-order valence-corrected chi connectivity index (χ4v) is 2.31. The number of urea groups is 1. The van der Waals surface area contributed by atoms with Crippen LogP contribution < -0.4 is 5.32 Å². The number of hydrogen-bond donors (Lipinski definition) is 1. The van der Waals surface area contributed by atoms with Crippen molar-refractivity contribution in [3.63, 3.8) is 0 Å². The number of carbonyl (C=O) groups excluding carboxylic acids is 2. The summed E-state index contributed by atoms with van der Waals surface area (Å²) in [7, 11) is 0. The molecule has 1 atom stereocenters. The largest absolute Gasteiger partial charge is 0.341 e. The lowest BCUT2D eigenvalue weighted by Crippen LogP contribution is -2.37. The van der Waals surface area contributed by atoms with Crippen LogP contribution in [0.1, 0.15) is 6.42 Å². The summed E-state index contributed by atoms with van der Waals surface area (Å²) in [5, 5.41) is 6.22. The summed E-state index contributed by atoms with van der Waals surface area (Å²) < 4.78 is 0. The standard InChI is InChI=1S/C10H16N6O2/c11-14-13-6-8-5-9(17)16(7-8)4-3-15-2-1-12-10(15)18/h8H,1-7H2,(H,12,18). The minimum absolute atomic E-state index is 0.0627. The van der Waals surface area contributed by atoms with Gasteiger partial charge in [-0.1, -0.05) is 5.11 Å². The van der Waals surface area contributed by atoms with Crippen LogP contribution in [-0.4, -0.2) is 61.0 Å². The molecule has 0 bridgehead atoms. The zero-order valence-corrected chi connectivity index (χ0v) is 10.1. The number of hydrogen-bond acceptors (Lipinski definition) is 3. The molecule has 2 aliphatic heterocycles. The zero-order valence-electron chi connectivity index (χ0n) is 10.1. The molecule has 2 heterocycles. The molecule has 98 valence electrons. The Bertz CT molecular complexity index is 392. The van der Waals surface area contributed by atoms with Gasteiger partial charge in [0.2, 0.25) is 5.91 Å². The van der Waals surface area contributed by atoms with Crippen molar-refractivity contribution in [2.24, 2.45) is 11.0 Å². The molecule has 0 saturated carbocycles. The Kier molecular flexibility index (Phi) is 3.88. The van der Waals surface area contributed by atoms with Crippen LogP contribution in [0.4, 0.5) is 4.79 Å². The molecule has 2 saturated heterocycles. The molecule has 1 N–H and O–H groups in total. The van der Waals surface area contributed by atoms with Crippen LogP contribution in [0.3, 0.4) is 0 Å². The van der Waals surface area contributed by atoms with Crippen molar-refractivity contribution in [1.82, 2.24) is 15.1 Å². The Morgan fingerprint density at radius 3 is 2.83 bits per heavy atom. The van der Waals surface area contributed by atoms with Crippen molar-refractivity contribution in [2.45, 2.75) is 6.42 Å². The number of rotatable bonds is 5. The van der Waals surface area contributed by atoms with E-state index in [0.29, 0.717) is 45.7 Å². The second kappa shape index (κ2) is 5.59. The minimum atomic E-state index is -0.0627. The van der Waals surface area contributed by atoms with Crippen LogP contribution in [0.2, 0.25) is 0 Å². The van der Waals surface area contributed by atoms with Crippen molar-refractivity contribution in [2.75, 3.05) is 39.3 Å². The molecule has 2 rings (SSSR count). The quantitative estimate of drug-likeness (QED) is 0.428. The van der Waals surface area contributed by atoms with E-state index in [1.807, 2.05) is 0 Å². The molecule has 8 nitrogen and oxygen atoms in total. The molecule has 0 aromatic rings. The second-order valence-corrected chi connectivity index (χ2v) is 4.54. The maximum absolute atomic E-state index is 11.7. The van der Waals surface area contributed by atoms with E-state index in [1.165, 1.54) is 0 Å². The number of nitrogens with zero attached hydrogens (tertiary/aromatic N) is 5. The van der Waals surface area contributed by atoms with E-state index in [0.717, 1.165) is 0 Å². The van der Waals surface area contributed by atoms with Gasteiger partial charge in [-0.2, -0.15) is 0 Å². The highest BCUT2D eigenvalue weighted by molar-refractivity contribution is 5.79. The first-order chi connectivity index (χ1) is 8.70. The van der Waals surface area contributed by atoms with Crippen LogP contribution in [0, 0.1) is 5.92 Å². The zero-order chi connectivity index (χ0) is 13.0. The summed E-state index contributed by atoms with van der Waals surface area (Å²) >= 11 is 0. The highest BCUT2D eigenvalue weighted by atomic mass is 16.2. The molecule has 2 fully saturated rings.